The van der Waals surface area contributed by atoms with Gasteiger partial charge in [0.15, 0.2) is 0 Å². The number of thiazole rings is 1. The van der Waals surface area contributed by atoms with Crippen LogP contribution in [0, 0.1) is 0 Å². The molecule has 1 saturated heterocycles. The lowest BCUT2D eigenvalue weighted by molar-refractivity contribution is 0.0591. The molecule has 1 aliphatic rings. The van der Waals surface area contributed by atoms with Gasteiger partial charge in [-0.15, -0.1) is 0 Å². The summed E-state index contributed by atoms with van der Waals surface area (Å²) in [7, 11) is 1.66. The Hall–Kier alpha value is -3.06. The molecule has 0 bridgehead atoms. The van der Waals surface area contributed by atoms with Gasteiger partial charge in [0.25, 0.3) is 11.1 Å². The molecule has 29 heavy (non-hydrogen) atoms. The van der Waals surface area contributed by atoms with Crippen LogP contribution in [0.1, 0.15) is 23.3 Å². The maximum absolute atomic E-state index is 12.8. The number of H-pyrrole nitrogens is 1. The highest BCUT2D eigenvalue weighted by atomic mass is 32.1. The lowest BCUT2D eigenvalue weighted by atomic mass is 10.1. The van der Waals surface area contributed by atoms with E-state index in [0.717, 1.165) is 39.7 Å². The second-order valence-electron chi connectivity index (χ2n) is 7.19. The average Bonchev–Trinajstić information content (AvgIpc) is 3.36. The van der Waals surface area contributed by atoms with Crippen molar-refractivity contribution in [1.29, 1.82) is 0 Å². The summed E-state index contributed by atoms with van der Waals surface area (Å²) in [5.41, 5.74) is 2.55. The number of ether oxygens (including phenoxy) is 2. The molecule has 1 aliphatic heterocycles. The van der Waals surface area contributed by atoms with Crippen LogP contribution in [-0.4, -0.2) is 47.1 Å². The number of likely N-dealkylation sites (tertiary alicyclic amines) is 1. The number of carbonyl (C=O) groups excluding carboxylic acids is 1. The number of hydrogen-bond donors (Lipinski definition) is 1. The predicted molar refractivity (Wildman–Crippen MR) is 114 cm³/mol. The number of carbonyl (C=O) groups is 1. The fraction of sp³-hybridized carbons (Fsp3) is 0.273. The number of piperidine rings is 1. The maximum Gasteiger partial charge on any atom is 0.274 e. The summed E-state index contributed by atoms with van der Waals surface area (Å²) in [6.45, 7) is 1.36. The molecule has 0 spiro atoms. The summed E-state index contributed by atoms with van der Waals surface area (Å²) >= 11 is 1.53. The van der Waals surface area contributed by atoms with E-state index in [1.54, 1.807) is 7.11 Å². The molecule has 5 rings (SSSR count). The Bertz CT molecular complexity index is 1140. The fourth-order valence-electron chi connectivity index (χ4n) is 3.74. The van der Waals surface area contributed by atoms with Crippen LogP contribution in [0.25, 0.3) is 21.1 Å². The smallest absolute Gasteiger partial charge is 0.274 e. The van der Waals surface area contributed by atoms with Gasteiger partial charge in [-0.2, -0.15) is 0 Å². The quantitative estimate of drug-likeness (QED) is 0.542. The number of rotatable bonds is 4. The van der Waals surface area contributed by atoms with Gasteiger partial charge in [-0.1, -0.05) is 29.5 Å². The summed E-state index contributed by atoms with van der Waals surface area (Å²) < 4.78 is 12.4. The van der Waals surface area contributed by atoms with E-state index in [2.05, 4.69) is 9.97 Å². The zero-order valence-electron chi connectivity index (χ0n) is 16.1. The van der Waals surface area contributed by atoms with Crippen molar-refractivity contribution in [2.24, 2.45) is 0 Å². The Morgan fingerprint density at radius 1 is 1.17 bits per heavy atom. The summed E-state index contributed by atoms with van der Waals surface area (Å²) in [6, 6.07) is 15.7. The number of methoxy groups -OCH3 is 1. The number of nitrogens with one attached hydrogen (secondary N) is 1. The molecule has 7 heteroatoms. The van der Waals surface area contributed by atoms with Gasteiger partial charge in [0.2, 0.25) is 0 Å². The monoisotopic (exact) mass is 407 g/mol. The van der Waals surface area contributed by atoms with Crippen molar-refractivity contribution in [2.45, 2.75) is 18.9 Å². The number of benzene rings is 2. The average molecular weight is 407 g/mol. The first-order chi connectivity index (χ1) is 14.2. The molecule has 1 N–H and O–H groups in total. The molecule has 148 valence electrons. The predicted octanol–water partition coefficient (Wildman–Crippen LogP) is 4.47. The van der Waals surface area contributed by atoms with Gasteiger partial charge in [-0.25, -0.2) is 4.98 Å². The Kier molecular flexibility index (Phi) is 4.60. The highest BCUT2D eigenvalue weighted by Gasteiger charge is 2.26. The van der Waals surface area contributed by atoms with Gasteiger partial charge in [0, 0.05) is 36.8 Å². The van der Waals surface area contributed by atoms with Crippen LogP contribution < -0.4 is 9.47 Å². The first-order valence-electron chi connectivity index (χ1n) is 9.68. The lowest BCUT2D eigenvalue weighted by Crippen LogP contribution is -2.41. The zero-order valence-corrected chi connectivity index (χ0v) is 16.9. The van der Waals surface area contributed by atoms with Crippen molar-refractivity contribution >= 4 is 38.4 Å². The molecular formula is C22H21N3O3S. The highest BCUT2D eigenvalue weighted by Crippen LogP contribution is 2.32. The minimum atomic E-state index is 0.0479. The number of amides is 1. The van der Waals surface area contributed by atoms with Crippen LogP contribution in [0.2, 0.25) is 0 Å². The molecule has 0 atom stereocenters. The van der Waals surface area contributed by atoms with Crippen LogP contribution in [-0.2, 0) is 0 Å². The molecule has 1 amide bonds. The molecule has 3 heterocycles. The van der Waals surface area contributed by atoms with Crippen LogP contribution in [0.3, 0.4) is 0 Å². The number of para-hydroxylation sites is 1. The van der Waals surface area contributed by atoms with Crippen molar-refractivity contribution in [1.82, 2.24) is 14.9 Å². The Morgan fingerprint density at radius 3 is 2.79 bits per heavy atom. The van der Waals surface area contributed by atoms with E-state index in [-0.39, 0.29) is 12.0 Å². The van der Waals surface area contributed by atoms with E-state index >= 15 is 0 Å². The second-order valence-corrected chi connectivity index (χ2v) is 8.19. The summed E-state index contributed by atoms with van der Waals surface area (Å²) in [5, 5.41) is 1.73. The molecular weight excluding hydrogens is 386 g/mol. The Labute approximate surface area is 172 Å². The van der Waals surface area contributed by atoms with Gasteiger partial charge in [0.05, 0.1) is 17.3 Å². The van der Waals surface area contributed by atoms with E-state index < -0.39 is 0 Å². The van der Waals surface area contributed by atoms with E-state index in [9.17, 15) is 4.79 Å². The van der Waals surface area contributed by atoms with Crippen molar-refractivity contribution in [3.05, 3.63) is 54.2 Å². The standard InChI is InChI=1S/C22H21N3O3S/c1-27-16-6-7-18-20(13-16)29-22(24-18)28-15-8-10-25(11-9-15)21(26)19-12-14-4-2-3-5-17(14)23-19/h2-7,12-13,15,23H,8-11H2,1H3. The van der Waals surface area contributed by atoms with Crippen LogP contribution >= 0.6 is 11.3 Å². The lowest BCUT2D eigenvalue weighted by Gasteiger charge is -2.31. The third kappa shape index (κ3) is 3.53. The summed E-state index contributed by atoms with van der Waals surface area (Å²) in [6.07, 6.45) is 1.67. The van der Waals surface area contributed by atoms with Gasteiger partial charge >= 0.3 is 0 Å². The third-order valence-electron chi connectivity index (χ3n) is 5.33. The summed E-state index contributed by atoms with van der Waals surface area (Å²) in [4.78, 5) is 22.5. The molecule has 4 aromatic rings. The first-order valence-corrected chi connectivity index (χ1v) is 10.5. The molecule has 0 saturated carbocycles. The second kappa shape index (κ2) is 7.40. The van der Waals surface area contributed by atoms with E-state index in [1.165, 1.54) is 11.3 Å². The molecule has 0 aliphatic carbocycles. The van der Waals surface area contributed by atoms with E-state index in [1.807, 2.05) is 53.4 Å². The van der Waals surface area contributed by atoms with Crippen molar-refractivity contribution < 1.29 is 14.3 Å². The van der Waals surface area contributed by atoms with Crippen molar-refractivity contribution in [3.63, 3.8) is 0 Å². The first kappa shape index (κ1) is 18.0. The normalized spacial score (nSPS) is 15.1. The van der Waals surface area contributed by atoms with Gasteiger partial charge in [-0.05, 0) is 30.3 Å². The van der Waals surface area contributed by atoms with Gasteiger partial charge in [0.1, 0.15) is 17.5 Å². The molecule has 1 fully saturated rings. The Balaban J connectivity index is 1.22. The SMILES string of the molecule is COc1ccc2nc(OC3CCN(C(=O)c4cc5ccccc5[nH]4)CC3)sc2c1. The third-order valence-corrected chi connectivity index (χ3v) is 6.24. The number of aromatic amines is 1. The largest absolute Gasteiger partial charge is 0.497 e. The van der Waals surface area contributed by atoms with Crippen LogP contribution in [0.15, 0.2) is 48.5 Å². The minimum absolute atomic E-state index is 0.0479. The Morgan fingerprint density at radius 2 is 2.00 bits per heavy atom. The fourth-order valence-corrected chi connectivity index (χ4v) is 4.65. The van der Waals surface area contributed by atoms with Crippen molar-refractivity contribution in [3.8, 4) is 10.9 Å². The van der Waals surface area contributed by atoms with Gasteiger partial charge in [-0.3, -0.25) is 4.79 Å². The van der Waals surface area contributed by atoms with E-state index in [0.29, 0.717) is 24.0 Å². The number of hydrogen-bond acceptors (Lipinski definition) is 5. The number of fused-ring (bicyclic) bond motifs is 2. The molecule has 0 radical (unpaired) electrons. The number of aromatic nitrogens is 2. The van der Waals surface area contributed by atoms with E-state index in [4.69, 9.17) is 9.47 Å². The van der Waals surface area contributed by atoms with Crippen LogP contribution in [0.5, 0.6) is 10.9 Å². The molecule has 2 aromatic carbocycles. The number of nitrogens with zero attached hydrogens (tertiary/aromatic N) is 2. The van der Waals surface area contributed by atoms with Crippen LogP contribution in [0.4, 0.5) is 0 Å². The van der Waals surface area contributed by atoms with Crippen molar-refractivity contribution in [2.75, 3.05) is 20.2 Å². The van der Waals surface area contributed by atoms with Gasteiger partial charge < -0.3 is 19.4 Å². The summed E-state index contributed by atoms with van der Waals surface area (Å²) in [5.74, 6) is 0.864. The molecule has 2 aromatic heterocycles. The molecule has 6 nitrogen and oxygen atoms in total. The topological polar surface area (TPSA) is 67.5 Å². The molecule has 0 unspecified atom stereocenters. The minimum Gasteiger partial charge on any atom is -0.497 e. The maximum atomic E-state index is 12.8. The highest BCUT2D eigenvalue weighted by molar-refractivity contribution is 7.20. The zero-order chi connectivity index (χ0) is 19.8.